The Morgan fingerprint density at radius 2 is 2.21 bits per heavy atom. The van der Waals surface area contributed by atoms with Crippen molar-refractivity contribution >= 4 is 17.7 Å². The number of H-pyrrole nitrogens is 1. The first kappa shape index (κ1) is 13.6. The summed E-state index contributed by atoms with van der Waals surface area (Å²) in [4.78, 5) is 15.8. The van der Waals surface area contributed by atoms with Crippen molar-refractivity contribution in [1.29, 1.82) is 0 Å². The molecule has 1 amide bonds. The maximum Gasteiger partial charge on any atom is 0.233 e. The van der Waals surface area contributed by atoms with Gasteiger partial charge in [-0.2, -0.15) is 5.10 Å². The topological polar surface area (TPSA) is 70.7 Å². The normalized spacial score (nSPS) is 12.1. The molecular formula is C13H16N4OS. The molecule has 0 bridgehead atoms. The average molecular weight is 276 g/mol. The van der Waals surface area contributed by atoms with E-state index >= 15 is 0 Å². The number of aromatic amines is 1. The molecular weight excluding hydrogens is 260 g/mol. The molecule has 1 atom stereocenters. The van der Waals surface area contributed by atoms with Crippen LogP contribution in [-0.4, -0.2) is 32.9 Å². The maximum atomic E-state index is 11.9. The van der Waals surface area contributed by atoms with Gasteiger partial charge in [0.25, 0.3) is 0 Å². The zero-order chi connectivity index (χ0) is 13.5. The summed E-state index contributed by atoms with van der Waals surface area (Å²) < 4.78 is 0. The Balaban J connectivity index is 1.72. The molecule has 0 fully saturated rings. The quantitative estimate of drug-likeness (QED) is 0.787. The highest BCUT2D eigenvalue weighted by Crippen LogP contribution is 2.17. The van der Waals surface area contributed by atoms with E-state index in [1.807, 2.05) is 25.1 Å². The third-order valence-electron chi connectivity index (χ3n) is 2.61. The summed E-state index contributed by atoms with van der Waals surface area (Å²) in [6.07, 6.45) is 2.27. The van der Waals surface area contributed by atoms with E-state index in [-0.39, 0.29) is 11.2 Å². The number of benzene rings is 1. The molecule has 2 aromatic rings. The van der Waals surface area contributed by atoms with E-state index in [1.54, 1.807) is 0 Å². The van der Waals surface area contributed by atoms with Crippen molar-refractivity contribution < 1.29 is 4.79 Å². The zero-order valence-corrected chi connectivity index (χ0v) is 11.5. The number of thioether (sulfide) groups is 1. The second-order valence-corrected chi connectivity index (χ2v) is 5.41. The molecule has 100 valence electrons. The Hall–Kier alpha value is -1.82. The summed E-state index contributed by atoms with van der Waals surface area (Å²) >= 11 is 1.36. The summed E-state index contributed by atoms with van der Waals surface area (Å²) in [6.45, 7) is 2.50. The van der Waals surface area contributed by atoms with Gasteiger partial charge in [-0.15, -0.1) is 0 Å². The van der Waals surface area contributed by atoms with Crippen molar-refractivity contribution in [2.75, 3.05) is 6.54 Å². The number of aromatic nitrogens is 3. The number of amides is 1. The number of hydrogen-bond acceptors (Lipinski definition) is 4. The molecule has 1 heterocycles. The fourth-order valence-electron chi connectivity index (χ4n) is 1.59. The molecule has 19 heavy (non-hydrogen) atoms. The average Bonchev–Trinajstić information content (AvgIpc) is 2.92. The maximum absolute atomic E-state index is 11.9. The van der Waals surface area contributed by atoms with Gasteiger partial charge in [-0.3, -0.25) is 9.89 Å². The summed E-state index contributed by atoms with van der Waals surface area (Å²) in [5.74, 6) is 0.0114. The lowest BCUT2D eigenvalue weighted by Crippen LogP contribution is -2.32. The van der Waals surface area contributed by atoms with Gasteiger partial charge in [0.05, 0.1) is 5.25 Å². The molecule has 0 radical (unpaired) electrons. The van der Waals surface area contributed by atoms with E-state index in [4.69, 9.17) is 0 Å². The largest absolute Gasteiger partial charge is 0.355 e. The van der Waals surface area contributed by atoms with E-state index in [0.29, 0.717) is 11.7 Å². The minimum Gasteiger partial charge on any atom is -0.355 e. The van der Waals surface area contributed by atoms with Crippen LogP contribution in [0.1, 0.15) is 12.5 Å². The lowest BCUT2D eigenvalue weighted by molar-refractivity contribution is -0.120. The van der Waals surface area contributed by atoms with Gasteiger partial charge in [0.15, 0.2) is 5.16 Å². The number of hydrogen-bond donors (Lipinski definition) is 2. The van der Waals surface area contributed by atoms with Gasteiger partial charge in [0.1, 0.15) is 6.33 Å². The summed E-state index contributed by atoms with van der Waals surface area (Å²) in [6, 6.07) is 10.1. The number of rotatable bonds is 6. The third kappa shape index (κ3) is 4.40. The van der Waals surface area contributed by atoms with Gasteiger partial charge in [-0.25, -0.2) is 4.98 Å². The Bertz CT molecular complexity index is 501. The monoisotopic (exact) mass is 276 g/mol. The molecule has 0 aliphatic carbocycles. The molecule has 0 aliphatic heterocycles. The molecule has 1 aromatic heterocycles. The summed E-state index contributed by atoms with van der Waals surface area (Å²) in [5, 5.41) is 9.86. The molecule has 0 aliphatic rings. The first-order valence-electron chi connectivity index (χ1n) is 6.09. The van der Waals surface area contributed by atoms with Crippen LogP contribution in [0.2, 0.25) is 0 Å². The lowest BCUT2D eigenvalue weighted by Gasteiger charge is -2.10. The fraction of sp³-hybridized carbons (Fsp3) is 0.308. The molecule has 0 saturated heterocycles. The first-order chi connectivity index (χ1) is 9.25. The van der Waals surface area contributed by atoms with E-state index in [0.717, 1.165) is 6.42 Å². The highest BCUT2D eigenvalue weighted by atomic mass is 32.2. The van der Waals surface area contributed by atoms with Crippen LogP contribution >= 0.6 is 11.8 Å². The Morgan fingerprint density at radius 1 is 1.42 bits per heavy atom. The van der Waals surface area contributed by atoms with Crippen molar-refractivity contribution in [3.63, 3.8) is 0 Å². The molecule has 2 N–H and O–H groups in total. The molecule has 1 aromatic carbocycles. The van der Waals surface area contributed by atoms with Crippen LogP contribution in [0.15, 0.2) is 41.8 Å². The highest BCUT2D eigenvalue weighted by molar-refractivity contribution is 8.00. The van der Waals surface area contributed by atoms with Crippen molar-refractivity contribution in [3.05, 3.63) is 42.2 Å². The predicted octanol–water partition coefficient (Wildman–Crippen LogP) is 1.64. The molecule has 0 saturated carbocycles. The van der Waals surface area contributed by atoms with Crippen molar-refractivity contribution in [2.45, 2.75) is 23.8 Å². The standard InChI is InChI=1S/C13H16N4OS/c1-10(19-13-15-9-16-17-13)12(18)14-8-7-11-5-3-2-4-6-11/h2-6,9-10H,7-8H2,1H3,(H,14,18)(H,15,16,17)/t10-/m1/s1. The first-order valence-corrected chi connectivity index (χ1v) is 6.97. The predicted molar refractivity (Wildman–Crippen MR) is 74.9 cm³/mol. The minimum absolute atomic E-state index is 0.0114. The zero-order valence-electron chi connectivity index (χ0n) is 10.7. The van der Waals surface area contributed by atoms with Crippen LogP contribution in [0.25, 0.3) is 0 Å². The third-order valence-corrected chi connectivity index (χ3v) is 3.59. The number of carbonyl (C=O) groups is 1. The molecule has 2 rings (SSSR count). The SMILES string of the molecule is C[C@@H](Sc1ncn[nH]1)C(=O)NCCc1ccccc1. The van der Waals surface area contributed by atoms with Crippen LogP contribution in [0.4, 0.5) is 0 Å². The van der Waals surface area contributed by atoms with Gasteiger partial charge < -0.3 is 5.32 Å². The van der Waals surface area contributed by atoms with E-state index in [1.165, 1.54) is 23.7 Å². The minimum atomic E-state index is -0.191. The molecule has 0 unspecified atom stereocenters. The van der Waals surface area contributed by atoms with Gasteiger partial charge in [-0.1, -0.05) is 42.1 Å². The van der Waals surface area contributed by atoms with Gasteiger partial charge >= 0.3 is 0 Å². The smallest absolute Gasteiger partial charge is 0.233 e. The van der Waals surface area contributed by atoms with Crippen LogP contribution in [0, 0.1) is 0 Å². The number of nitrogens with zero attached hydrogens (tertiary/aromatic N) is 2. The van der Waals surface area contributed by atoms with Crippen LogP contribution in [0.5, 0.6) is 0 Å². The Morgan fingerprint density at radius 3 is 2.89 bits per heavy atom. The van der Waals surface area contributed by atoms with Gasteiger partial charge in [0.2, 0.25) is 5.91 Å². The van der Waals surface area contributed by atoms with E-state index in [2.05, 4.69) is 32.6 Å². The van der Waals surface area contributed by atoms with E-state index in [9.17, 15) is 4.79 Å². The highest BCUT2D eigenvalue weighted by Gasteiger charge is 2.15. The second kappa shape index (κ2) is 6.94. The van der Waals surface area contributed by atoms with Crippen molar-refractivity contribution in [1.82, 2.24) is 20.5 Å². The van der Waals surface area contributed by atoms with Crippen LogP contribution < -0.4 is 5.32 Å². The van der Waals surface area contributed by atoms with Crippen LogP contribution in [-0.2, 0) is 11.2 Å². The summed E-state index contributed by atoms with van der Waals surface area (Å²) in [5.41, 5.74) is 1.22. The van der Waals surface area contributed by atoms with E-state index < -0.39 is 0 Å². The molecule has 0 spiro atoms. The molecule has 6 heteroatoms. The van der Waals surface area contributed by atoms with Crippen molar-refractivity contribution in [2.24, 2.45) is 0 Å². The summed E-state index contributed by atoms with van der Waals surface area (Å²) in [7, 11) is 0. The number of carbonyl (C=O) groups excluding carboxylic acids is 1. The lowest BCUT2D eigenvalue weighted by atomic mass is 10.1. The Labute approximate surface area is 116 Å². The molecule has 5 nitrogen and oxygen atoms in total. The Kier molecular flexibility index (Phi) is 4.97. The van der Waals surface area contributed by atoms with Gasteiger partial charge in [0, 0.05) is 6.54 Å². The fourth-order valence-corrected chi connectivity index (χ4v) is 2.33. The van der Waals surface area contributed by atoms with Crippen LogP contribution in [0.3, 0.4) is 0 Å². The number of nitrogens with one attached hydrogen (secondary N) is 2. The second-order valence-electron chi connectivity index (χ2n) is 4.08. The van der Waals surface area contributed by atoms with Gasteiger partial charge in [-0.05, 0) is 18.9 Å². The van der Waals surface area contributed by atoms with Crippen molar-refractivity contribution in [3.8, 4) is 0 Å².